The summed E-state index contributed by atoms with van der Waals surface area (Å²) >= 11 is 0. The van der Waals surface area contributed by atoms with Crippen LogP contribution in [0.25, 0.3) is 0 Å². The van der Waals surface area contributed by atoms with Gasteiger partial charge in [-0.1, -0.05) is 18.2 Å². The van der Waals surface area contributed by atoms with E-state index in [0.29, 0.717) is 38.8 Å². The fourth-order valence-corrected chi connectivity index (χ4v) is 3.68. The first-order chi connectivity index (χ1) is 12.6. The fraction of sp³-hybridized carbons (Fsp3) is 0.526. The number of fused-ring (bicyclic) bond motifs is 1. The van der Waals surface area contributed by atoms with Crippen LogP contribution in [0.15, 0.2) is 24.3 Å². The van der Waals surface area contributed by atoms with E-state index in [9.17, 15) is 14.4 Å². The van der Waals surface area contributed by atoms with Crippen LogP contribution in [0, 0.1) is 0 Å². The standard InChI is InChI=1S/C19H24N4O3/c24-17-11-15(14-3-1-2-4-16(14)21-17)19(26)23-9-7-22(8-10-23)12-18(25)20-13-5-6-13/h1-4,13,15H,5-12H2,(H,20,25)(H,21,24). The molecule has 2 N–H and O–H groups in total. The maximum absolute atomic E-state index is 13.0. The van der Waals surface area contributed by atoms with Gasteiger partial charge >= 0.3 is 0 Å². The molecular weight excluding hydrogens is 332 g/mol. The van der Waals surface area contributed by atoms with E-state index in [0.717, 1.165) is 24.1 Å². The molecule has 0 aromatic heterocycles. The van der Waals surface area contributed by atoms with Gasteiger partial charge in [0.2, 0.25) is 17.7 Å². The first kappa shape index (κ1) is 17.0. The summed E-state index contributed by atoms with van der Waals surface area (Å²) in [6.07, 6.45) is 2.37. The highest BCUT2D eigenvalue weighted by Crippen LogP contribution is 2.33. The molecule has 0 bridgehead atoms. The van der Waals surface area contributed by atoms with Gasteiger partial charge in [-0.2, -0.15) is 0 Å². The second-order valence-electron chi connectivity index (χ2n) is 7.34. The lowest BCUT2D eigenvalue weighted by molar-refractivity contribution is -0.136. The van der Waals surface area contributed by atoms with Gasteiger partial charge in [-0.25, -0.2) is 0 Å². The summed E-state index contributed by atoms with van der Waals surface area (Å²) in [6, 6.07) is 7.88. The van der Waals surface area contributed by atoms with Gasteiger partial charge in [-0.3, -0.25) is 19.3 Å². The zero-order chi connectivity index (χ0) is 18.1. The molecule has 1 saturated heterocycles. The average Bonchev–Trinajstić information content (AvgIpc) is 3.45. The molecule has 1 unspecified atom stereocenters. The zero-order valence-electron chi connectivity index (χ0n) is 14.7. The Kier molecular flexibility index (Phi) is 4.63. The van der Waals surface area contributed by atoms with Crippen LogP contribution in [0.3, 0.4) is 0 Å². The normalized spacial score (nSPS) is 23.2. The number of hydrogen-bond donors (Lipinski definition) is 2. The predicted molar refractivity (Wildman–Crippen MR) is 96.6 cm³/mol. The van der Waals surface area contributed by atoms with Gasteiger partial charge in [-0.05, 0) is 24.5 Å². The highest BCUT2D eigenvalue weighted by Gasteiger charge is 2.34. The molecular formula is C19H24N4O3. The monoisotopic (exact) mass is 356 g/mol. The van der Waals surface area contributed by atoms with Crippen LogP contribution in [0.4, 0.5) is 5.69 Å². The quantitative estimate of drug-likeness (QED) is 0.825. The number of nitrogens with zero attached hydrogens (tertiary/aromatic N) is 2. The van der Waals surface area contributed by atoms with Crippen LogP contribution in [0.5, 0.6) is 0 Å². The van der Waals surface area contributed by atoms with E-state index in [1.54, 1.807) is 0 Å². The average molecular weight is 356 g/mol. The van der Waals surface area contributed by atoms with Crippen molar-refractivity contribution in [3.8, 4) is 0 Å². The Morgan fingerprint density at radius 2 is 1.85 bits per heavy atom. The minimum absolute atomic E-state index is 0.00869. The lowest BCUT2D eigenvalue weighted by atomic mass is 9.89. The van der Waals surface area contributed by atoms with Crippen molar-refractivity contribution in [2.75, 3.05) is 38.0 Å². The minimum atomic E-state index is -0.412. The molecule has 3 amide bonds. The molecule has 2 aliphatic heterocycles. The number of para-hydroxylation sites is 1. The van der Waals surface area contributed by atoms with Crippen LogP contribution >= 0.6 is 0 Å². The highest BCUT2D eigenvalue weighted by atomic mass is 16.2. The molecule has 1 aromatic rings. The van der Waals surface area contributed by atoms with E-state index >= 15 is 0 Å². The third-order valence-electron chi connectivity index (χ3n) is 5.29. The van der Waals surface area contributed by atoms with Gasteiger partial charge in [0.15, 0.2) is 0 Å². The maximum atomic E-state index is 13.0. The summed E-state index contributed by atoms with van der Waals surface area (Å²) < 4.78 is 0. The van der Waals surface area contributed by atoms with Crippen LogP contribution in [0.2, 0.25) is 0 Å². The molecule has 1 aliphatic carbocycles. The van der Waals surface area contributed by atoms with E-state index in [1.165, 1.54) is 0 Å². The van der Waals surface area contributed by atoms with Gasteiger partial charge < -0.3 is 15.5 Å². The predicted octanol–water partition coefficient (Wildman–Crippen LogP) is 0.535. The van der Waals surface area contributed by atoms with E-state index in [4.69, 9.17) is 0 Å². The Morgan fingerprint density at radius 3 is 2.58 bits per heavy atom. The summed E-state index contributed by atoms with van der Waals surface area (Å²) in [5.41, 5.74) is 1.63. The van der Waals surface area contributed by atoms with Crippen molar-refractivity contribution in [1.82, 2.24) is 15.1 Å². The Bertz CT molecular complexity index is 723. The summed E-state index contributed by atoms with van der Waals surface area (Å²) in [7, 11) is 0. The van der Waals surface area contributed by atoms with Crippen molar-refractivity contribution in [3.63, 3.8) is 0 Å². The van der Waals surface area contributed by atoms with E-state index < -0.39 is 5.92 Å². The molecule has 138 valence electrons. The molecule has 0 spiro atoms. The second-order valence-corrected chi connectivity index (χ2v) is 7.34. The van der Waals surface area contributed by atoms with Gasteiger partial charge in [0.1, 0.15) is 0 Å². The van der Waals surface area contributed by atoms with Gasteiger partial charge in [-0.15, -0.1) is 0 Å². The number of benzene rings is 1. The summed E-state index contributed by atoms with van der Waals surface area (Å²) in [4.78, 5) is 40.8. The van der Waals surface area contributed by atoms with Crippen LogP contribution in [-0.4, -0.2) is 66.3 Å². The molecule has 2 heterocycles. The zero-order valence-corrected chi connectivity index (χ0v) is 14.7. The molecule has 2 fully saturated rings. The van der Waals surface area contributed by atoms with E-state index in [2.05, 4.69) is 15.5 Å². The first-order valence-corrected chi connectivity index (χ1v) is 9.29. The second kappa shape index (κ2) is 7.07. The van der Waals surface area contributed by atoms with Crippen molar-refractivity contribution < 1.29 is 14.4 Å². The van der Waals surface area contributed by atoms with Gasteiger partial charge in [0, 0.05) is 44.3 Å². The lowest BCUT2D eigenvalue weighted by Gasteiger charge is -2.37. The largest absolute Gasteiger partial charge is 0.352 e. The maximum Gasteiger partial charge on any atom is 0.234 e. The molecule has 3 aliphatic rings. The molecule has 26 heavy (non-hydrogen) atoms. The van der Waals surface area contributed by atoms with Crippen molar-refractivity contribution in [1.29, 1.82) is 0 Å². The number of nitrogens with one attached hydrogen (secondary N) is 2. The van der Waals surface area contributed by atoms with Crippen LogP contribution in [-0.2, 0) is 14.4 Å². The SMILES string of the molecule is O=C1CC(C(=O)N2CCN(CC(=O)NC3CC3)CC2)c2ccccc2N1. The van der Waals surface area contributed by atoms with Gasteiger partial charge in [0.25, 0.3) is 0 Å². The number of piperazine rings is 1. The van der Waals surface area contributed by atoms with E-state index in [1.807, 2.05) is 29.2 Å². The smallest absolute Gasteiger partial charge is 0.234 e. The number of amides is 3. The summed E-state index contributed by atoms with van der Waals surface area (Å²) in [5, 5.41) is 5.83. The topological polar surface area (TPSA) is 81.8 Å². The first-order valence-electron chi connectivity index (χ1n) is 9.29. The molecule has 0 radical (unpaired) electrons. The Hall–Kier alpha value is -2.41. The molecule has 4 rings (SSSR count). The minimum Gasteiger partial charge on any atom is -0.352 e. The number of anilines is 1. The Morgan fingerprint density at radius 1 is 1.12 bits per heavy atom. The van der Waals surface area contributed by atoms with Crippen molar-refractivity contribution in [2.24, 2.45) is 0 Å². The molecule has 1 saturated carbocycles. The Balaban J connectivity index is 1.35. The van der Waals surface area contributed by atoms with Gasteiger partial charge in [0.05, 0.1) is 12.5 Å². The number of hydrogen-bond acceptors (Lipinski definition) is 4. The van der Waals surface area contributed by atoms with Crippen molar-refractivity contribution in [2.45, 2.75) is 31.2 Å². The third-order valence-corrected chi connectivity index (χ3v) is 5.29. The van der Waals surface area contributed by atoms with Crippen LogP contribution in [0.1, 0.15) is 30.7 Å². The van der Waals surface area contributed by atoms with Crippen LogP contribution < -0.4 is 10.6 Å². The molecule has 1 atom stereocenters. The van der Waals surface area contributed by atoms with Crippen molar-refractivity contribution in [3.05, 3.63) is 29.8 Å². The summed E-state index contributed by atoms with van der Waals surface area (Å²) in [5.74, 6) is -0.443. The fourth-order valence-electron chi connectivity index (χ4n) is 3.68. The lowest BCUT2D eigenvalue weighted by Crippen LogP contribution is -2.52. The molecule has 7 nitrogen and oxygen atoms in total. The number of rotatable bonds is 4. The van der Waals surface area contributed by atoms with Crippen molar-refractivity contribution >= 4 is 23.4 Å². The highest BCUT2D eigenvalue weighted by molar-refractivity contribution is 6.01. The number of carbonyl (C=O) groups excluding carboxylic acids is 3. The summed E-state index contributed by atoms with van der Waals surface area (Å²) in [6.45, 7) is 2.95. The molecule has 7 heteroatoms. The number of carbonyl (C=O) groups is 3. The van der Waals surface area contributed by atoms with E-state index in [-0.39, 0.29) is 24.1 Å². The molecule has 1 aromatic carbocycles. The Labute approximate surface area is 152 Å². The third kappa shape index (κ3) is 3.72.